The van der Waals surface area contributed by atoms with Gasteiger partial charge in [-0.25, -0.2) is 8.78 Å². The minimum absolute atomic E-state index is 0.0952. The van der Waals surface area contributed by atoms with Gasteiger partial charge in [0.2, 0.25) is 5.91 Å². The Balaban J connectivity index is 2.78. The molecule has 0 aliphatic carbocycles. The molecule has 1 unspecified atom stereocenters. The molecular formula is C14H17F2NO3. The maximum Gasteiger partial charge on any atom is 0.316 e. The van der Waals surface area contributed by atoms with Crippen LogP contribution in [0.3, 0.4) is 0 Å². The zero-order chi connectivity index (χ0) is 15.5. The van der Waals surface area contributed by atoms with Crippen molar-refractivity contribution < 1.29 is 23.5 Å². The molecule has 2 N–H and O–H groups in total. The average Bonchev–Trinajstić information content (AvgIpc) is 2.25. The van der Waals surface area contributed by atoms with Crippen LogP contribution in [0.25, 0.3) is 0 Å². The topological polar surface area (TPSA) is 66.4 Å². The second kappa shape index (κ2) is 5.98. The minimum atomic E-state index is -1.24. The Morgan fingerprint density at radius 2 is 1.90 bits per heavy atom. The molecule has 0 spiro atoms. The molecule has 0 saturated heterocycles. The first-order valence-electron chi connectivity index (χ1n) is 6.07. The van der Waals surface area contributed by atoms with Crippen LogP contribution in [0.1, 0.15) is 26.3 Å². The molecule has 0 aliphatic heterocycles. The molecular weight excluding hydrogens is 268 g/mol. The van der Waals surface area contributed by atoms with Crippen molar-refractivity contribution in [2.45, 2.75) is 27.3 Å². The van der Waals surface area contributed by atoms with Gasteiger partial charge in [0.1, 0.15) is 17.6 Å². The molecule has 0 heterocycles. The highest BCUT2D eigenvalue weighted by atomic mass is 19.1. The van der Waals surface area contributed by atoms with Crippen LogP contribution in [0, 0.1) is 23.0 Å². The van der Waals surface area contributed by atoms with E-state index in [1.807, 2.05) is 0 Å². The molecule has 0 fully saturated rings. The summed E-state index contributed by atoms with van der Waals surface area (Å²) in [4.78, 5) is 23.0. The monoisotopic (exact) mass is 285 g/mol. The third-order valence-electron chi connectivity index (χ3n) is 2.84. The van der Waals surface area contributed by atoms with Crippen molar-refractivity contribution in [1.82, 2.24) is 5.32 Å². The predicted molar refractivity (Wildman–Crippen MR) is 68.8 cm³/mol. The Labute approximate surface area is 115 Å². The number of carbonyl (C=O) groups excluding carboxylic acids is 1. The van der Waals surface area contributed by atoms with Crippen molar-refractivity contribution in [2.75, 3.05) is 0 Å². The van der Waals surface area contributed by atoms with E-state index in [0.29, 0.717) is 6.07 Å². The Bertz CT molecular complexity index is 524. The molecule has 110 valence electrons. The van der Waals surface area contributed by atoms with Gasteiger partial charge in [0, 0.05) is 18.2 Å². The number of carbonyl (C=O) groups is 2. The van der Waals surface area contributed by atoms with Gasteiger partial charge in [-0.15, -0.1) is 0 Å². The lowest BCUT2D eigenvalue weighted by atomic mass is 9.80. The Kier molecular flexibility index (Phi) is 4.81. The van der Waals surface area contributed by atoms with Gasteiger partial charge in [0.15, 0.2) is 0 Å². The highest BCUT2D eigenvalue weighted by Gasteiger charge is 2.37. The first kappa shape index (κ1) is 16.1. The largest absolute Gasteiger partial charge is 0.481 e. The van der Waals surface area contributed by atoms with Crippen LogP contribution in [0.4, 0.5) is 8.78 Å². The van der Waals surface area contributed by atoms with Crippen LogP contribution in [0.15, 0.2) is 18.2 Å². The molecule has 4 nitrogen and oxygen atoms in total. The minimum Gasteiger partial charge on any atom is -0.481 e. The molecule has 1 atom stereocenters. The van der Waals surface area contributed by atoms with Crippen molar-refractivity contribution in [3.63, 3.8) is 0 Å². The highest BCUT2D eigenvalue weighted by Crippen LogP contribution is 2.26. The Morgan fingerprint density at radius 1 is 1.30 bits per heavy atom. The van der Waals surface area contributed by atoms with Crippen LogP contribution in [0.2, 0.25) is 0 Å². The van der Waals surface area contributed by atoms with Gasteiger partial charge in [0.05, 0.1) is 0 Å². The van der Waals surface area contributed by atoms with Crippen LogP contribution >= 0.6 is 0 Å². The van der Waals surface area contributed by atoms with Crippen molar-refractivity contribution in [2.24, 2.45) is 11.3 Å². The van der Waals surface area contributed by atoms with E-state index >= 15 is 0 Å². The summed E-state index contributed by atoms with van der Waals surface area (Å²) >= 11 is 0. The summed E-state index contributed by atoms with van der Waals surface area (Å²) in [5.41, 5.74) is -0.671. The molecule has 1 aromatic carbocycles. The van der Waals surface area contributed by atoms with Gasteiger partial charge in [0.25, 0.3) is 0 Å². The van der Waals surface area contributed by atoms with Crippen molar-refractivity contribution in [3.8, 4) is 0 Å². The lowest BCUT2D eigenvalue weighted by Crippen LogP contribution is -2.42. The number of hydrogen-bond donors (Lipinski definition) is 2. The fraction of sp³-hybridized carbons (Fsp3) is 0.429. The predicted octanol–water partition coefficient (Wildman–Crippen LogP) is 2.33. The quantitative estimate of drug-likeness (QED) is 0.834. The smallest absolute Gasteiger partial charge is 0.316 e. The number of carboxylic acids is 1. The average molecular weight is 285 g/mol. The number of rotatable bonds is 4. The lowest BCUT2D eigenvalue weighted by molar-refractivity contribution is -0.151. The van der Waals surface area contributed by atoms with Crippen molar-refractivity contribution in [1.29, 1.82) is 0 Å². The highest BCUT2D eigenvalue weighted by molar-refractivity contribution is 5.97. The summed E-state index contributed by atoms with van der Waals surface area (Å²) in [6, 6.07) is 2.99. The fourth-order valence-corrected chi connectivity index (χ4v) is 1.83. The molecule has 0 aromatic heterocycles. The summed E-state index contributed by atoms with van der Waals surface area (Å²) in [6.07, 6.45) is 0. The van der Waals surface area contributed by atoms with Gasteiger partial charge in [-0.1, -0.05) is 26.8 Å². The van der Waals surface area contributed by atoms with E-state index in [1.54, 1.807) is 20.8 Å². The van der Waals surface area contributed by atoms with E-state index in [4.69, 9.17) is 5.11 Å². The molecule has 1 aromatic rings. The van der Waals surface area contributed by atoms with Gasteiger partial charge >= 0.3 is 5.97 Å². The maximum atomic E-state index is 13.4. The number of hydrogen-bond acceptors (Lipinski definition) is 2. The number of carboxylic acid groups (broad SMARTS) is 1. The molecule has 0 radical (unpaired) electrons. The van der Waals surface area contributed by atoms with E-state index in [-0.39, 0.29) is 12.1 Å². The third-order valence-corrected chi connectivity index (χ3v) is 2.84. The SMILES string of the molecule is CC(C)(C)C(C(=O)O)C(=O)NCc1ccc(F)cc1F. The van der Waals surface area contributed by atoms with Crippen LogP contribution < -0.4 is 5.32 Å². The molecule has 0 aliphatic rings. The first-order valence-corrected chi connectivity index (χ1v) is 6.07. The number of aliphatic carboxylic acids is 1. The summed E-state index contributed by atoms with van der Waals surface area (Å²) in [7, 11) is 0. The number of halogens is 2. The van der Waals surface area contributed by atoms with Crippen LogP contribution in [-0.4, -0.2) is 17.0 Å². The van der Waals surface area contributed by atoms with Gasteiger partial charge in [-0.3, -0.25) is 9.59 Å². The number of nitrogens with one attached hydrogen (secondary N) is 1. The maximum absolute atomic E-state index is 13.4. The van der Waals surface area contributed by atoms with E-state index in [2.05, 4.69) is 5.32 Å². The van der Waals surface area contributed by atoms with Crippen molar-refractivity contribution >= 4 is 11.9 Å². The number of amides is 1. The molecule has 1 rings (SSSR count). The summed E-state index contributed by atoms with van der Waals surface area (Å²) in [5, 5.41) is 11.4. The van der Waals surface area contributed by atoms with E-state index in [1.165, 1.54) is 6.07 Å². The molecule has 0 bridgehead atoms. The lowest BCUT2D eigenvalue weighted by Gasteiger charge is -2.25. The normalized spacial score (nSPS) is 12.8. The van der Waals surface area contributed by atoms with Gasteiger partial charge < -0.3 is 10.4 Å². The van der Waals surface area contributed by atoms with Crippen LogP contribution in [-0.2, 0) is 16.1 Å². The van der Waals surface area contributed by atoms with E-state index in [0.717, 1.165) is 6.07 Å². The summed E-state index contributed by atoms with van der Waals surface area (Å²) in [5.74, 6) is -4.68. The van der Waals surface area contributed by atoms with Crippen LogP contribution in [0.5, 0.6) is 0 Å². The van der Waals surface area contributed by atoms with E-state index in [9.17, 15) is 18.4 Å². The molecule has 1 amide bonds. The summed E-state index contributed by atoms with van der Waals surface area (Å²) < 4.78 is 26.1. The van der Waals surface area contributed by atoms with E-state index < -0.39 is 34.8 Å². The third kappa shape index (κ3) is 4.01. The second-order valence-electron chi connectivity index (χ2n) is 5.59. The fourth-order valence-electron chi connectivity index (χ4n) is 1.83. The van der Waals surface area contributed by atoms with Crippen molar-refractivity contribution in [3.05, 3.63) is 35.4 Å². The standard InChI is InChI=1S/C14H17F2NO3/c1-14(2,3)11(13(19)20)12(18)17-7-8-4-5-9(15)6-10(8)16/h4-6,11H,7H2,1-3H3,(H,17,18)(H,19,20). The Hall–Kier alpha value is -1.98. The molecule has 0 saturated carbocycles. The molecule has 6 heteroatoms. The van der Waals surface area contributed by atoms with Gasteiger partial charge in [-0.2, -0.15) is 0 Å². The first-order chi connectivity index (χ1) is 9.12. The zero-order valence-electron chi connectivity index (χ0n) is 11.5. The zero-order valence-corrected chi connectivity index (χ0v) is 11.5. The second-order valence-corrected chi connectivity index (χ2v) is 5.59. The Morgan fingerprint density at radius 3 is 2.35 bits per heavy atom. The number of benzene rings is 1. The summed E-state index contributed by atoms with van der Waals surface area (Å²) in [6.45, 7) is 4.70. The van der Waals surface area contributed by atoms with Gasteiger partial charge in [-0.05, 0) is 11.5 Å². The molecule has 20 heavy (non-hydrogen) atoms.